The summed E-state index contributed by atoms with van der Waals surface area (Å²) in [5.41, 5.74) is 0.926. The van der Waals surface area contributed by atoms with Gasteiger partial charge in [-0.3, -0.25) is 9.69 Å². The number of hydrogen-bond acceptors (Lipinski definition) is 3. The summed E-state index contributed by atoms with van der Waals surface area (Å²) in [6.07, 6.45) is 0. The Labute approximate surface area is 119 Å². The molecule has 1 aliphatic rings. The predicted molar refractivity (Wildman–Crippen MR) is 77.4 cm³/mol. The number of nitrogens with zero attached hydrogens (tertiary/aromatic N) is 2. The monoisotopic (exact) mass is 279 g/mol. The Kier molecular flexibility index (Phi) is 4.73. The molecule has 110 valence electrons. The van der Waals surface area contributed by atoms with Crippen LogP contribution in [0.3, 0.4) is 0 Å². The van der Waals surface area contributed by atoms with Crippen molar-refractivity contribution in [3.8, 4) is 0 Å². The molecule has 1 amide bonds. The minimum Gasteiger partial charge on any atom is -0.350 e. The molecule has 1 unspecified atom stereocenters. The fraction of sp³-hybridized carbons (Fsp3) is 0.533. The molecule has 1 aromatic rings. The van der Waals surface area contributed by atoms with E-state index in [-0.39, 0.29) is 17.5 Å². The molecular weight excluding hydrogens is 257 g/mol. The van der Waals surface area contributed by atoms with Gasteiger partial charge in [-0.15, -0.1) is 0 Å². The highest BCUT2D eigenvalue weighted by atomic mass is 19.1. The second-order valence-electron chi connectivity index (χ2n) is 5.59. The van der Waals surface area contributed by atoms with Gasteiger partial charge in [-0.2, -0.15) is 0 Å². The quantitative estimate of drug-likeness (QED) is 0.900. The lowest BCUT2D eigenvalue weighted by molar-refractivity contribution is 0.0877. The Bertz CT molecular complexity index is 492. The van der Waals surface area contributed by atoms with Crippen molar-refractivity contribution in [3.63, 3.8) is 0 Å². The van der Waals surface area contributed by atoms with E-state index in [0.717, 1.165) is 25.2 Å². The molecule has 0 bridgehead atoms. The Morgan fingerprint density at radius 1 is 1.40 bits per heavy atom. The first kappa shape index (κ1) is 14.9. The average molecular weight is 279 g/mol. The summed E-state index contributed by atoms with van der Waals surface area (Å²) < 4.78 is 13.7. The van der Waals surface area contributed by atoms with Gasteiger partial charge in [0, 0.05) is 32.2 Å². The van der Waals surface area contributed by atoms with Crippen LogP contribution in [0.15, 0.2) is 18.2 Å². The van der Waals surface area contributed by atoms with E-state index < -0.39 is 5.82 Å². The topological polar surface area (TPSA) is 35.6 Å². The number of hydrogen-bond donors (Lipinski definition) is 1. The first-order chi connectivity index (χ1) is 9.47. The zero-order valence-corrected chi connectivity index (χ0v) is 12.3. The molecule has 1 saturated heterocycles. The number of carbonyl (C=O) groups is 1. The van der Waals surface area contributed by atoms with Crippen LogP contribution in [-0.2, 0) is 0 Å². The van der Waals surface area contributed by atoms with Crippen molar-refractivity contribution in [2.24, 2.45) is 0 Å². The van der Waals surface area contributed by atoms with Gasteiger partial charge in [-0.05, 0) is 38.7 Å². The smallest absolute Gasteiger partial charge is 0.254 e. The average Bonchev–Trinajstić information content (AvgIpc) is 2.39. The van der Waals surface area contributed by atoms with Gasteiger partial charge in [0.2, 0.25) is 0 Å². The third-order valence-electron chi connectivity index (χ3n) is 3.85. The van der Waals surface area contributed by atoms with Crippen LogP contribution in [0.25, 0.3) is 0 Å². The van der Waals surface area contributed by atoms with Gasteiger partial charge in [-0.1, -0.05) is 6.07 Å². The number of halogens is 1. The van der Waals surface area contributed by atoms with Gasteiger partial charge in [0.1, 0.15) is 5.82 Å². The van der Waals surface area contributed by atoms with Gasteiger partial charge < -0.3 is 10.2 Å². The first-order valence-electron chi connectivity index (χ1n) is 6.90. The summed E-state index contributed by atoms with van der Waals surface area (Å²) in [5.74, 6) is -0.805. The van der Waals surface area contributed by atoms with Crippen molar-refractivity contribution < 1.29 is 9.18 Å². The minimum absolute atomic E-state index is 0.113. The molecule has 0 spiro atoms. The lowest BCUT2D eigenvalue weighted by atomic mass is 10.1. The second-order valence-corrected chi connectivity index (χ2v) is 5.59. The maximum Gasteiger partial charge on any atom is 0.254 e. The molecular formula is C15H22FN3O. The van der Waals surface area contributed by atoms with Crippen LogP contribution >= 0.6 is 0 Å². The number of likely N-dealkylation sites (N-methyl/N-ethyl adjacent to an activating group) is 2. The summed E-state index contributed by atoms with van der Waals surface area (Å²) in [7, 11) is 4.12. The second kappa shape index (κ2) is 6.33. The fourth-order valence-corrected chi connectivity index (χ4v) is 2.43. The Morgan fingerprint density at radius 2 is 2.15 bits per heavy atom. The van der Waals surface area contributed by atoms with Crippen LogP contribution in [-0.4, -0.2) is 62.0 Å². The minimum atomic E-state index is -0.461. The molecule has 1 fully saturated rings. The number of piperazine rings is 1. The molecule has 0 aliphatic carbocycles. The van der Waals surface area contributed by atoms with Crippen molar-refractivity contribution in [1.29, 1.82) is 0 Å². The lowest BCUT2D eigenvalue weighted by Gasteiger charge is -2.37. The molecule has 1 atom stereocenters. The van der Waals surface area contributed by atoms with Crippen LogP contribution < -0.4 is 5.32 Å². The van der Waals surface area contributed by atoms with Crippen molar-refractivity contribution in [2.45, 2.75) is 13.0 Å². The SMILES string of the molecule is Cc1ccc(C(=O)NCC2CN(C)CCN2C)c(F)c1. The molecule has 0 aromatic heterocycles. The molecule has 0 radical (unpaired) electrons. The molecule has 20 heavy (non-hydrogen) atoms. The highest BCUT2D eigenvalue weighted by Gasteiger charge is 2.23. The highest BCUT2D eigenvalue weighted by molar-refractivity contribution is 5.94. The van der Waals surface area contributed by atoms with Crippen molar-refractivity contribution in [2.75, 3.05) is 40.3 Å². The van der Waals surface area contributed by atoms with E-state index in [4.69, 9.17) is 0 Å². The number of rotatable bonds is 3. The third-order valence-corrected chi connectivity index (χ3v) is 3.85. The first-order valence-corrected chi connectivity index (χ1v) is 6.90. The maximum atomic E-state index is 13.7. The van der Waals surface area contributed by atoms with Crippen LogP contribution in [0, 0.1) is 12.7 Å². The van der Waals surface area contributed by atoms with E-state index in [1.807, 2.05) is 0 Å². The zero-order valence-electron chi connectivity index (χ0n) is 12.3. The summed E-state index contributed by atoms with van der Waals surface area (Å²) in [6.45, 7) is 5.27. The van der Waals surface area contributed by atoms with Crippen LogP contribution in [0.2, 0.25) is 0 Å². The van der Waals surface area contributed by atoms with Crippen LogP contribution in [0.4, 0.5) is 4.39 Å². The summed E-state index contributed by atoms with van der Waals surface area (Å²) >= 11 is 0. The van der Waals surface area contributed by atoms with Gasteiger partial charge >= 0.3 is 0 Å². The molecule has 1 N–H and O–H groups in total. The zero-order chi connectivity index (χ0) is 14.7. The Balaban J connectivity index is 1.94. The van der Waals surface area contributed by atoms with Gasteiger partial charge in [0.05, 0.1) is 5.56 Å². The molecule has 1 heterocycles. The largest absolute Gasteiger partial charge is 0.350 e. The number of nitrogens with one attached hydrogen (secondary N) is 1. The van der Waals surface area contributed by atoms with E-state index in [1.165, 1.54) is 12.1 Å². The Hall–Kier alpha value is -1.46. The molecule has 0 saturated carbocycles. The normalized spacial score (nSPS) is 20.9. The predicted octanol–water partition coefficient (Wildman–Crippen LogP) is 1.11. The van der Waals surface area contributed by atoms with Crippen molar-refractivity contribution in [3.05, 3.63) is 35.1 Å². The Morgan fingerprint density at radius 3 is 2.85 bits per heavy atom. The van der Waals surface area contributed by atoms with Crippen LogP contribution in [0.1, 0.15) is 15.9 Å². The van der Waals surface area contributed by atoms with E-state index in [9.17, 15) is 9.18 Å². The summed E-state index contributed by atoms with van der Waals surface area (Å²) in [5, 5.41) is 2.83. The lowest BCUT2D eigenvalue weighted by Crippen LogP contribution is -2.54. The van der Waals surface area contributed by atoms with E-state index >= 15 is 0 Å². The van der Waals surface area contributed by atoms with Crippen molar-refractivity contribution >= 4 is 5.91 Å². The number of carbonyl (C=O) groups excluding carboxylic acids is 1. The van der Waals surface area contributed by atoms with Crippen LogP contribution in [0.5, 0.6) is 0 Å². The van der Waals surface area contributed by atoms with Gasteiger partial charge in [0.15, 0.2) is 0 Å². The molecule has 1 aromatic carbocycles. The molecule has 4 nitrogen and oxygen atoms in total. The third kappa shape index (κ3) is 3.55. The summed E-state index contributed by atoms with van der Waals surface area (Å²) in [4.78, 5) is 16.5. The van der Waals surface area contributed by atoms with E-state index in [0.29, 0.717) is 6.54 Å². The number of benzene rings is 1. The molecule has 2 rings (SSSR count). The molecule has 5 heteroatoms. The fourth-order valence-electron chi connectivity index (χ4n) is 2.43. The number of aryl methyl sites for hydroxylation is 1. The van der Waals surface area contributed by atoms with E-state index in [2.05, 4.69) is 29.2 Å². The summed E-state index contributed by atoms with van der Waals surface area (Å²) in [6, 6.07) is 4.94. The van der Waals surface area contributed by atoms with Gasteiger partial charge in [-0.25, -0.2) is 4.39 Å². The van der Waals surface area contributed by atoms with E-state index in [1.54, 1.807) is 13.0 Å². The molecule has 1 aliphatic heterocycles. The van der Waals surface area contributed by atoms with Crippen molar-refractivity contribution in [1.82, 2.24) is 15.1 Å². The van der Waals surface area contributed by atoms with Gasteiger partial charge in [0.25, 0.3) is 5.91 Å². The maximum absolute atomic E-state index is 13.7. The standard InChI is InChI=1S/C15H22FN3O/c1-11-4-5-13(14(16)8-11)15(20)17-9-12-10-18(2)6-7-19(12)3/h4-5,8,12H,6-7,9-10H2,1-3H3,(H,17,20). The highest BCUT2D eigenvalue weighted by Crippen LogP contribution is 2.10. The number of amides is 1.